The normalized spacial score (nSPS) is 20.5. The Labute approximate surface area is 169 Å². The number of nitrogens with one attached hydrogen (secondary N) is 1. The van der Waals surface area contributed by atoms with Crippen molar-refractivity contribution in [1.82, 2.24) is 29.7 Å². The average molecular weight is 398 g/mol. The molecule has 9 nitrogen and oxygen atoms in total. The molecule has 1 spiro atoms. The number of amides is 2. The molecule has 0 aliphatic carbocycles. The highest BCUT2D eigenvalue weighted by Gasteiger charge is 2.47. The van der Waals surface area contributed by atoms with Gasteiger partial charge in [0.05, 0.1) is 12.7 Å². The zero-order chi connectivity index (χ0) is 20.4. The number of rotatable bonds is 4. The third kappa shape index (κ3) is 3.87. The van der Waals surface area contributed by atoms with Crippen LogP contribution in [0.4, 0.5) is 0 Å². The Morgan fingerprint density at radius 1 is 1.24 bits per heavy atom. The van der Waals surface area contributed by atoms with Crippen LogP contribution in [-0.2, 0) is 21.7 Å². The maximum absolute atomic E-state index is 12.7. The number of nitrogens with zero attached hydrogens (tertiary/aromatic N) is 5. The number of carbonyl (C=O) groups is 2. The maximum Gasteiger partial charge on any atom is 0.274 e. The first-order valence-corrected chi connectivity index (χ1v) is 10.0. The third-order valence-corrected chi connectivity index (χ3v) is 5.47. The molecule has 9 heteroatoms. The second kappa shape index (κ2) is 7.90. The summed E-state index contributed by atoms with van der Waals surface area (Å²) in [5, 5.41) is 2.97. The number of hydrogen-bond acceptors (Lipinski definition) is 6. The highest BCUT2D eigenvalue weighted by atomic mass is 16.5. The van der Waals surface area contributed by atoms with Crippen LogP contribution in [0.2, 0.25) is 0 Å². The predicted octanol–water partition coefficient (Wildman–Crippen LogP) is 0.976. The van der Waals surface area contributed by atoms with E-state index in [1.54, 1.807) is 17.3 Å². The van der Waals surface area contributed by atoms with Gasteiger partial charge in [0.2, 0.25) is 0 Å². The van der Waals surface area contributed by atoms with Crippen LogP contribution in [-0.4, -0.2) is 62.0 Å². The molecule has 1 atom stereocenters. The fraction of sp³-hybridized carbons (Fsp3) is 0.550. The molecule has 1 fully saturated rings. The first-order chi connectivity index (χ1) is 14.0. The van der Waals surface area contributed by atoms with Gasteiger partial charge in [-0.2, -0.15) is 0 Å². The summed E-state index contributed by atoms with van der Waals surface area (Å²) in [5.41, 5.74) is -0.332. The van der Waals surface area contributed by atoms with E-state index in [0.29, 0.717) is 50.6 Å². The molecule has 4 rings (SSSR count). The van der Waals surface area contributed by atoms with Crippen molar-refractivity contribution in [3.05, 3.63) is 42.5 Å². The first-order valence-electron chi connectivity index (χ1n) is 10.0. The zero-order valence-corrected chi connectivity index (χ0v) is 16.7. The third-order valence-electron chi connectivity index (χ3n) is 5.47. The molecule has 0 radical (unpaired) electrons. The van der Waals surface area contributed by atoms with Crippen LogP contribution in [0.15, 0.2) is 31.0 Å². The number of ether oxygens (including phenoxy) is 1. The van der Waals surface area contributed by atoms with Crippen molar-refractivity contribution < 1.29 is 14.3 Å². The van der Waals surface area contributed by atoms with Gasteiger partial charge in [-0.05, 0) is 5.92 Å². The maximum atomic E-state index is 12.7. The Kier molecular flexibility index (Phi) is 5.31. The number of hydrogen-bond donors (Lipinski definition) is 1. The Morgan fingerprint density at radius 2 is 2.03 bits per heavy atom. The summed E-state index contributed by atoms with van der Waals surface area (Å²) in [6.07, 6.45) is 8.74. The molecular formula is C20H26N6O3. The van der Waals surface area contributed by atoms with Gasteiger partial charge in [-0.3, -0.25) is 14.6 Å². The molecule has 2 aromatic rings. The molecule has 2 amide bonds. The highest BCUT2D eigenvalue weighted by Crippen LogP contribution is 2.40. The fourth-order valence-corrected chi connectivity index (χ4v) is 3.94. The highest BCUT2D eigenvalue weighted by molar-refractivity contribution is 5.92. The topological polar surface area (TPSA) is 102 Å². The summed E-state index contributed by atoms with van der Waals surface area (Å²) in [6.45, 7) is 6.18. The molecule has 2 aliphatic heterocycles. The van der Waals surface area contributed by atoms with Crippen LogP contribution in [0, 0.1) is 5.92 Å². The van der Waals surface area contributed by atoms with E-state index in [0.717, 1.165) is 5.82 Å². The minimum Gasteiger partial charge on any atom is -0.354 e. The van der Waals surface area contributed by atoms with Gasteiger partial charge in [0.15, 0.2) is 6.10 Å². The molecule has 0 aromatic carbocycles. The van der Waals surface area contributed by atoms with Gasteiger partial charge in [-0.15, -0.1) is 0 Å². The molecule has 0 unspecified atom stereocenters. The minimum absolute atomic E-state index is 0.101. The second-order valence-electron chi connectivity index (χ2n) is 8.03. The summed E-state index contributed by atoms with van der Waals surface area (Å²) in [6, 6.07) is 0. The second-order valence-corrected chi connectivity index (χ2v) is 8.03. The average Bonchev–Trinajstić information content (AvgIpc) is 3.22. The summed E-state index contributed by atoms with van der Waals surface area (Å²) in [7, 11) is 0. The van der Waals surface area contributed by atoms with Gasteiger partial charge in [0.25, 0.3) is 11.8 Å². The van der Waals surface area contributed by atoms with Crippen molar-refractivity contribution in [2.45, 2.75) is 44.9 Å². The summed E-state index contributed by atoms with van der Waals surface area (Å²) < 4.78 is 8.37. The van der Waals surface area contributed by atoms with Crippen molar-refractivity contribution in [3.8, 4) is 0 Å². The molecule has 29 heavy (non-hydrogen) atoms. The van der Waals surface area contributed by atoms with E-state index < -0.39 is 11.7 Å². The number of piperidine rings is 1. The lowest BCUT2D eigenvalue weighted by atomic mass is 9.88. The van der Waals surface area contributed by atoms with Gasteiger partial charge in [0, 0.05) is 57.3 Å². The van der Waals surface area contributed by atoms with Gasteiger partial charge in [-0.1, -0.05) is 13.8 Å². The Balaban J connectivity index is 1.49. The minimum atomic E-state index is -0.666. The van der Waals surface area contributed by atoms with Gasteiger partial charge >= 0.3 is 0 Å². The molecule has 154 valence electrons. The van der Waals surface area contributed by atoms with Crippen molar-refractivity contribution in [3.63, 3.8) is 0 Å². The standard InChI is InChI=1S/C20H26N6O3/c1-14(2)11-24-17(27)16-13-26-10-7-23-19(26)20(29-16)3-8-25(9-4-20)18(28)15-12-21-5-6-22-15/h5-7,10,12,14,16H,3-4,8-9,11,13H2,1-2H3,(H,24,27)/t16-/m0/s1. The molecule has 0 saturated carbocycles. The fourth-order valence-electron chi connectivity index (χ4n) is 3.94. The van der Waals surface area contributed by atoms with Crippen LogP contribution in [0.3, 0.4) is 0 Å². The summed E-state index contributed by atoms with van der Waals surface area (Å²) in [5.74, 6) is 0.960. The van der Waals surface area contributed by atoms with Gasteiger partial charge in [0.1, 0.15) is 17.1 Å². The number of imidazole rings is 1. The van der Waals surface area contributed by atoms with E-state index in [1.165, 1.54) is 12.4 Å². The number of carbonyl (C=O) groups excluding carboxylic acids is 2. The molecule has 2 aromatic heterocycles. The lowest BCUT2D eigenvalue weighted by molar-refractivity contribution is -0.172. The summed E-state index contributed by atoms with van der Waals surface area (Å²) >= 11 is 0. The quantitative estimate of drug-likeness (QED) is 0.824. The number of likely N-dealkylation sites (tertiary alicyclic amines) is 1. The van der Waals surface area contributed by atoms with E-state index in [4.69, 9.17) is 4.74 Å². The van der Waals surface area contributed by atoms with Crippen molar-refractivity contribution >= 4 is 11.8 Å². The van der Waals surface area contributed by atoms with E-state index in [-0.39, 0.29) is 11.8 Å². The smallest absolute Gasteiger partial charge is 0.274 e. The van der Waals surface area contributed by atoms with E-state index >= 15 is 0 Å². The van der Waals surface area contributed by atoms with Crippen LogP contribution < -0.4 is 5.32 Å². The number of aromatic nitrogens is 4. The van der Waals surface area contributed by atoms with Crippen molar-refractivity contribution in [2.24, 2.45) is 5.92 Å². The van der Waals surface area contributed by atoms with Crippen molar-refractivity contribution in [2.75, 3.05) is 19.6 Å². The summed E-state index contributed by atoms with van der Waals surface area (Å²) in [4.78, 5) is 39.7. The Bertz CT molecular complexity index is 873. The first kappa shape index (κ1) is 19.5. The van der Waals surface area contributed by atoms with Crippen molar-refractivity contribution in [1.29, 1.82) is 0 Å². The largest absolute Gasteiger partial charge is 0.354 e. The van der Waals surface area contributed by atoms with Crippen LogP contribution >= 0.6 is 0 Å². The molecule has 2 aliphatic rings. The van der Waals surface area contributed by atoms with E-state index in [1.807, 2.05) is 10.8 Å². The van der Waals surface area contributed by atoms with Crippen LogP contribution in [0.5, 0.6) is 0 Å². The number of fused-ring (bicyclic) bond motifs is 2. The SMILES string of the molecule is CC(C)CNC(=O)[C@@H]1Cn2ccnc2C2(CCN(C(=O)c3cnccn3)CC2)O1. The van der Waals surface area contributed by atoms with Gasteiger partial charge in [-0.25, -0.2) is 9.97 Å². The van der Waals surface area contributed by atoms with Crippen LogP contribution in [0.25, 0.3) is 0 Å². The predicted molar refractivity (Wildman–Crippen MR) is 104 cm³/mol. The molecular weight excluding hydrogens is 372 g/mol. The molecule has 1 N–H and O–H groups in total. The monoisotopic (exact) mass is 398 g/mol. The Hall–Kier alpha value is -2.81. The molecule has 4 heterocycles. The molecule has 0 bridgehead atoms. The zero-order valence-electron chi connectivity index (χ0n) is 16.7. The lowest BCUT2D eigenvalue weighted by Crippen LogP contribution is -2.55. The van der Waals surface area contributed by atoms with E-state index in [9.17, 15) is 9.59 Å². The lowest BCUT2D eigenvalue weighted by Gasteiger charge is -2.45. The Morgan fingerprint density at radius 3 is 2.72 bits per heavy atom. The van der Waals surface area contributed by atoms with Crippen LogP contribution in [0.1, 0.15) is 43.0 Å². The van der Waals surface area contributed by atoms with E-state index in [2.05, 4.69) is 34.1 Å². The molecule has 1 saturated heterocycles. The van der Waals surface area contributed by atoms with Gasteiger partial charge < -0.3 is 19.5 Å².